The van der Waals surface area contributed by atoms with Gasteiger partial charge in [0.25, 0.3) is 0 Å². The van der Waals surface area contributed by atoms with Crippen molar-refractivity contribution in [3.8, 4) is 5.75 Å². The molecule has 0 atom stereocenters. The summed E-state index contributed by atoms with van der Waals surface area (Å²) in [5.74, 6) is -0.264. The number of hydrogen-bond acceptors (Lipinski definition) is 3. The van der Waals surface area contributed by atoms with Crippen LogP contribution in [0.3, 0.4) is 0 Å². The van der Waals surface area contributed by atoms with E-state index >= 15 is 0 Å². The van der Waals surface area contributed by atoms with Gasteiger partial charge in [0, 0.05) is 17.1 Å². The lowest BCUT2D eigenvalue weighted by Crippen LogP contribution is -2.03. The summed E-state index contributed by atoms with van der Waals surface area (Å²) in [5.41, 5.74) is 7.61. The highest BCUT2D eigenvalue weighted by atomic mass is 35.5. The first-order valence-corrected chi connectivity index (χ1v) is 6.41. The average Bonchev–Trinajstić information content (AvgIpc) is 2.46. The maximum absolute atomic E-state index is 10.7. The zero-order valence-corrected chi connectivity index (χ0v) is 11.4. The van der Waals surface area contributed by atoms with E-state index in [0.717, 1.165) is 11.1 Å². The van der Waals surface area contributed by atoms with Crippen LogP contribution >= 0.6 is 11.6 Å². The van der Waals surface area contributed by atoms with Crippen molar-refractivity contribution < 1.29 is 14.6 Å². The molecule has 2 aromatic rings. The topological polar surface area (TPSA) is 72.5 Å². The normalized spacial score (nSPS) is 10.3. The Hall–Kier alpha value is -2.04. The van der Waals surface area contributed by atoms with Gasteiger partial charge in [0.05, 0.1) is 5.56 Å². The van der Waals surface area contributed by atoms with Crippen LogP contribution in [0.15, 0.2) is 42.5 Å². The molecule has 0 radical (unpaired) electrons. The van der Waals surface area contributed by atoms with Gasteiger partial charge in [-0.15, -0.1) is 0 Å². The number of rotatable bonds is 5. The minimum atomic E-state index is -0.944. The summed E-state index contributed by atoms with van der Waals surface area (Å²) in [6, 6.07) is 11.8. The molecule has 2 rings (SSSR count). The molecule has 20 heavy (non-hydrogen) atoms. The SMILES string of the molecule is NCc1cc(Cl)ccc1OCc1ccc(C(=O)O)cc1. The third-order valence-electron chi connectivity index (χ3n) is 2.84. The zero-order chi connectivity index (χ0) is 14.5. The van der Waals surface area contributed by atoms with Gasteiger partial charge in [-0.25, -0.2) is 4.79 Å². The Balaban J connectivity index is 2.06. The largest absolute Gasteiger partial charge is 0.489 e. The van der Waals surface area contributed by atoms with Gasteiger partial charge in [0.15, 0.2) is 0 Å². The molecule has 0 saturated carbocycles. The fourth-order valence-corrected chi connectivity index (χ4v) is 1.95. The number of ether oxygens (including phenoxy) is 1. The predicted molar refractivity (Wildman–Crippen MR) is 77.1 cm³/mol. The van der Waals surface area contributed by atoms with Crippen LogP contribution in [-0.2, 0) is 13.2 Å². The van der Waals surface area contributed by atoms with Crippen LogP contribution in [0.5, 0.6) is 5.75 Å². The van der Waals surface area contributed by atoms with Crippen molar-refractivity contribution in [2.24, 2.45) is 5.73 Å². The van der Waals surface area contributed by atoms with E-state index in [1.165, 1.54) is 0 Å². The number of nitrogens with two attached hydrogens (primary N) is 1. The molecule has 5 heteroatoms. The molecule has 0 unspecified atom stereocenters. The van der Waals surface area contributed by atoms with Gasteiger partial charge in [0.1, 0.15) is 12.4 Å². The van der Waals surface area contributed by atoms with E-state index in [4.69, 9.17) is 27.2 Å². The summed E-state index contributed by atoms with van der Waals surface area (Å²) in [4.78, 5) is 10.7. The second kappa shape index (κ2) is 6.41. The first kappa shape index (κ1) is 14.4. The molecule has 0 saturated heterocycles. The molecule has 0 aliphatic rings. The van der Waals surface area contributed by atoms with Crippen molar-refractivity contribution >= 4 is 17.6 Å². The molecule has 0 amide bonds. The Bertz CT molecular complexity index is 611. The lowest BCUT2D eigenvalue weighted by molar-refractivity contribution is 0.0697. The molecule has 0 aliphatic heterocycles. The molecule has 0 aromatic heterocycles. The number of carboxylic acids is 1. The molecular formula is C15H14ClNO3. The Morgan fingerprint density at radius 3 is 2.50 bits per heavy atom. The van der Waals surface area contributed by atoms with Gasteiger partial charge in [-0.2, -0.15) is 0 Å². The second-order valence-electron chi connectivity index (χ2n) is 4.25. The van der Waals surface area contributed by atoms with Crippen molar-refractivity contribution in [3.05, 3.63) is 64.2 Å². The van der Waals surface area contributed by atoms with Crippen molar-refractivity contribution in [2.45, 2.75) is 13.2 Å². The Kier molecular flexibility index (Phi) is 4.61. The van der Waals surface area contributed by atoms with Crippen molar-refractivity contribution in [3.63, 3.8) is 0 Å². The minimum absolute atomic E-state index is 0.253. The van der Waals surface area contributed by atoms with Crippen LogP contribution in [0.1, 0.15) is 21.5 Å². The number of carboxylic acid groups (broad SMARTS) is 1. The highest BCUT2D eigenvalue weighted by Crippen LogP contribution is 2.23. The van der Waals surface area contributed by atoms with Crippen LogP contribution < -0.4 is 10.5 Å². The molecule has 104 valence electrons. The molecule has 0 aliphatic carbocycles. The Morgan fingerprint density at radius 2 is 1.90 bits per heavy atom. The Labute approximate surface area is 121 Å². The smallest absolute Gasteiger partial charge is 0.335 e. The summed E-state index contributed by atoms with van der Waals surface area (Å²) in [7, 11) is 0. The third-order valence-corrected chi connectivity index (χ3v) is 3.07. The molecule has 0 heterocycles. The molecule has 0 fully saturated rings. The van der Waals surface area contributed by atoms with E-state index in [-0.39, 0.29) is 5.56 Å². The highest BCUT2D eigenvalue weighted by Gasteiger charge is 2.05. The molecular weight excluding hydrogens is 278 g/mol. The van der Waals surface area contributed by atoms with Gasteiger partial charge in [-0.3, -0.25) is 0 Å². The fourth-order valence-electron chi connectivity index (χ4n) is 1.75. The van der Waals surface area contributed by atoms with E-state index < -0.39 is 5.97 Å². The summed E-state index contributed by atoms with van der Waals surface area (Å²) in [6.45, 7) is 0.683. The monoisotopic (exact) mass is 291 g/mol. The van der Waals surface area contributed by atoms with Crippen molar-refractivity contribution in [1.82, 2.24) is 0 Å². The van der Waals surface area contributed by atoms with E-state index in [0.29, 0.717) is 23.9 Å². The zero-order valence-electron chi connectivity index (χ0n) is 10.7. The number of halogens is 1. The molecule has 2 aromatic carbocycles. The molecule has 3 N–H and O–H groups in total. The maximum atomic E-state index is 10.7. The number of benzene rings is 2. The number of aromatic carboxylic acids is 1. The standard InChI is InChI=1S/C15H14ClNO3/c16-13-5-6-14(12(7-13)8-17)20-9-10-1-3-11(4-2-10)15(18)19/h1-7H,8-9,17H2,(H,18,19). The van der Waals surface area contributed by atoms with E-state index in [1.807, 2.05) is 0 Å². The fraction of sp³-hybridized carbons (Fsp3) is 0.133. The maximum Gasteiger partial charge on any atom is 0.335 e. The van der Waals surface area contributed by atoms with E-state index in [2.05, 4.69) is 0 Å². The van der Waals surface area contributed by atoms with Crippen LogP contribution in [0.25, 0.3) is 0 Å². The number of hydrogen-bond donors (Lipinski definition) is 2. The lowest BCUT2D eigenvalue weighted by atomic mass is 10.1. The van der Waals surface area contributed by atoms with E-state index in [1.54, 1.807) is 42.5 Å². The van der Waals surface area contributed by atoms with Gasteiger partial charge in [0.2, 0.25) is 0 Å². The van der Waals surface area contributed by atoms with Crippen LogP contribution in [0.2, 0.25) is 5.02 Å². The van der Waals surface area contributed by atoms with Crippen molar-refractivity contribution in [1.29, 1.82) is 0 Å². The summed E-state index contributed by atoms with van der Waals surface area (Å²) in [6.07, 6.45) is 0. The molecule has 0 spiro atoms. The van der Waals surface area contributed by atoms with Crippen LogP contribution in [0.4, 0.5) is 0 Å². The second-order valence-corrected chi connectivity index (χ2v) is 4.68. The summed E-state index contributed by atoms with van der Waals surface area (Å²) in [5, 5.41) is 9.43. The first-order chi connectivity index (χ1) is 9.60. The van der Waals surface area contributed by atoms with Gasteiger partial charge >= 0.3 is 5.97 Å². The van der Waals surface area contributed by atoms with Crippen molar-refractivity contribution in [2.75, 3.05) is 0 Å². The molecule has 4 nitrogen and oxygen atoms in total. The highest BCUT2D eigenvalue weighted by molar-refractivity contribution is 6.30. The number of carbonyl (C=O) groups is 1. The lowest BCUT2D eigenvalue weighted by Gasteiger charge is -2.11. The van der Waals surface area contributed by atoms with Gasteiger partial charge in [-0.05, 0) is 35.9 Å². The summed E-state index contributed by atoms with van der Waals surface area (Å²) >= 11 is 5.89. The minimum Gasteiger partial charge on any atom is -0.489 e. The van der Waals surface area contributed by atoms with E-state index in [9.17, 15) is 4.79 Å². The predicted octanol–water partition coefficient (Wildman–Crippen LogP) is 3.08. The summed E-state index contributed by atoms with van der Waals surface area (Å²) < 4.78 is 5.68. The third kappa shape index (κ3) is 3.50. The molecule has 0 bridgehead atoms. The quantitative estimate of drug-likeness (QED) is 0.888. The van der Waals surface area contributed by atoms with Crippen LogP contribution in [0, 0.1) is 0 Å². The average molecular weight is 292 g/mol. The van der Waals surface area contributed by atoms with Gasteiger partial charge < -0.3 is 15.6 Å². The Morgan fingerprint density at radius 1 is 1.20 bits per heavy atom. The van der Waals surface area contributed by atoms with Gasteiger partial charge in [-0.1, -0.05) is 23.7 Å². The first-order valence-electron chi connectivity index (χ1n) is 6.03. The van der Waals surface area contributed by atoms with Crippen LogP contribution in [-0.4, -0.2) is 11.1 Å².